The summed E-state index contributed by atoms with van der Waals surface area (Å²) in [5.41, 5.74) is 0.854. The van der Waals surface area contributed by atoms with Crippen LogP contribution in [0.1, 0.15) is 19.4 Å². The summed E-state index contributed by atoms with van der Waals surface area (Å²) in [5.74, 6) is 1.69. The maximum atomic E-state index is 11.7. The van der Waals surface area contributed by atoms with Crippen molar-refractivity contribution in [1.82, 2.24) is 5.32 Å². The van der Waals surface area contributed by atoms with Crippen molar-refractivity contribution in [2.75, 3.05) is 26.9 Å². The molecule has 0 saturated carbocycles. The van der Waals surface area contributed by atoms with Gasteiger partial charge in [-0.25, -0.2) is 13.6 Å². The third-order valence-corrected chi connectivity index (χ3v) is 5.01. The quantitative estimate of drug-likeness (QED) is 0.288. The van der Waals surface area contributed by atoms with Crippen LogP contribution in [0.25, 0.3) is 0 Å². The zero-order valence-electron chi connectivity index (χ0n) is 17.6. The molecule has 0 aromatic heterocycles. The topological polar surface area (TPSA) is 99.9 Å². The van der Waals surface area contributed by atoms with Gasteiger partial charge in [-0.15, -0.1) is 12.4 Å². The van der Waals surface area contributed by atoms with Gasteiger partial charge < -0.3 is 19.5 Å². The zero-order chi connectivity index (χ0) is 20.6. The van der Waals surface area contributed by atoms with Crippen LogP contribution in [-0.2, 0) is 44.1 Å². The maximum Gasteiger partial charge on any atom is 0.241 e. The summed E-state index contributed by atoms with van der Waals surface area (Å²) in [6.45, 7) is 5.66. The standard InChI is InChI=1S/C20H28N2O5S.ClH.Hg/c1-4-26-17-7-5-6-8-18(17)27-12-11-22-15(2)13-16-9-10-19(25-3)20(14-16)28(21,23)24;;/h5-10,14-15,22H,4,11-13H2,1-3H3,(H2,21,23,24);1H;/t15-;;/m1../s1. The van der Waals surface area contributed by atoms with Gasteiger partial charge in [0.25, 0.3) is 0 Å². The van der Waals surface area contributed by atoms with Crippen LogP contribution in [0, 0.1) is 0 Å². The van der Waals surface area contributed by atoms with Gasteiger partial charge in [0.15, 0.2) is 11.5 Å². The molecule has 10 heteroatoms. The molecule has 0 unspecified atom stereocenters. The smallest absolute Gasteiger partial charge is 0.241 e. The Morgan fingerprint density at radius 2 is 1.70 bits per heavy atom. The number of hydrogen-bond acceptors (Lipinski definition) is 6. The molecule has 0 amide bonds. The van der Waals surface area contributed by atoms with Crippen LogP contribution in [-0.4, -0.2) is 41.3 Å². The van der Waals surface area contributed by atoms with E-state index in [0.29, 0.717) is 31.9 Å². The fourth-order valence-electron chi connectivity index (χ4n) is 2.81. The minimum absolute atomic E-state index is 0. The van der Waals surface area contributed by atoms with Crippen molar-refractivity contribution < 1.29 is 50.3 Å². The van der Waals surface area contributed by atoms with E-state index in [1.165, 1.54) is 7.11 Å². The third-order valence-electron chi connectivity index (χ3n) is 4.08. The molecule has 1 atom stereocenters. The number of hydrogen-bond donors (Lipinski definition) is 2. The molecule has 3 N–H and O–H groups in total. The Morgan fingerprint density at radius 3 is 2.27 bits per heavy atom. The molecule has 0 aliphatic heterocycles. The van der Waals surface area contributed by atoms with Crippen molar-refractivity contribution in [3.63, 3.8) is 0 Å². The monoisotopic (exact) mass is 646 g/mol. The number of sulfonamides is 1. The second-order valence-electron chi connectivity index (χ2n) is 6.32. The van der Waals surface area contributed by atoms with Gasteiger partial charge in [-0.3, -0.25) is 0 Å². The minimum atomic E-state index is -3.84. The molecular weight excluding hydrogens is 616 g/mol. The van der Waals surface area contributed by atoms with Crippen molar-refractivity contribution in [3.8, 4) is 17.2 Å². The predicted molar refractivity (Wildman–Crippen MR) is 116 cm³/mol. The van der Waals surface area contributed by atoms with Crippen LogP contribution >= 0.6 is 12.4 Å². The van der Waals surface area contributed by atoms with Gasteiger partial charge in [0.1, 0.15) is 17.3 Å². The summed E-state index contributed by atoms with van der Waals surface area (Å²) >= 11 is 0. The van der Waals surface area contributed by atoms with E-state index in [4.69, 9.17) is 19.3 Å². The Bertz CT molecular complexity index is 883. The molecule has 0 spiro atoms. The number of nitrogens with one attached hydrogen (secondary N) is 1. The Balaban J connectivity index is 0.00000420. The fraction of sp³-hybridized carbons (Fsp3) is 0.400. The first-order valence-corrected chi connectivity index (χ1v) is 10.7. The Labute approximate surface area is 205 Å². The molecule has 0 aliphatic rings. The van der Waals surface area contributed by atoms with Gasteiger partial charge >= 0.3 is 0 Å². The number of primary sulfonamides is 1. The van der Waals surface area contributed by atoms with Gasteiger partial charge in [-0.05, 0) is 50.1 Å². The van der Waals surface area contributed by atoms with Crippen molar-refractivity contribution in [2.24, 2.45) is 5.14 Å². The molecule has 2 aromatic rings. The summed E-state index contributed by atoms with van der Waals surface area (Å²) in [4.78, 5) is -0.00411. The van der Waals surface area contributed by atoms with Crippen molar-refractivity contribution >= 4 is 22.4 Å². The first kappa shape index (κ1) is 28.9. The number of rotatable bonds is 11. The van der Waals surface area contributed by atoms with Crippen LogP contribution in [0.4, 0.5) is 0 Å². The SMILES string of the molecule is CCOc1ccccc1OCCN[C@H](C)Cc1ccc(OC)c(S(N)(=O)=O)c1.Cl.[Hg]. The largest absolute Gasteiger partial charge is 0.495 e. The van der Waals surface area contributed by atoms with Crippen molar-refractivity contribution in [2.45, 2.75) is 31.2 Å². The van der Waals surface area contributed by atoms with E-state index in [1.807, 2.05) is 44.2 Å². The Morgan fingerprint density at radius 1 is 1.07 bits per heavy atom. The van der Waals surface area contributed by atoms with E-state index in [9.17, 15) is 8.42 Å². The molecule has 0 heterocycles. The van der Waals surface area contributed by atoms with Crippen molar-refractivity contribution in [1.29, 1.82) is 0 Å². The van der Waals surface area contributed by atoms with E-state index < -0.39 is 10.0 Å². The second-order valence-corrected chi connectivity index (χ2v) is 7.85. The first-order chi connectivity index (χ1) is 13.3. The van der Waals surface area contributed by atoms with E-state index in [-0.39, 0.29) is 56.8 Å². The summed E-state index contributed by atoms with van der Waals surface area (Å²) in [5, 5.41) is 8.63. The zero-order valence-corrected chi connectivity index (χ0v) is 24.7. The maximum absolute atomic E-state index is 11.7. The third kappa shape index (κ3) is 8.97. The second kappa shape index (κ2) is 14.1. The number of halogens is 1. The van der Waals surface area contributed by atoms with Crippen LogP contribution in [0.3, 0.4) is 0 Å². The Kier molecular flexibility index (Phi) is 13.6. The summed E-state index contributed by atoms with van der Waals surface area (Å²) < 4.78 is 39.9. The van der Waals surface area contributed by atoms with E-state index in [2.05, 4.69) is 5.32 Å². The van der Waals surface area contributed by atoms with Gasteiger partial charge in [0.2, 0.25) is 10.0 Å². The molecular formula is C20H29ClHgN2O5S. The summed E-state index contributed by atoms with van der Waals surface area (Å²) in [6.07, 6.45) is 0.641. The minimum Gasteiger partial charge on any atom is -0.495 e. The number of nitrogens with two attached hydrogens (primary N) is 1. The molecule has 164 valence electrons. The number of para-hydroxylation sites is 2. The molecule has 30 heavy (non-hydrogen) atoms. The Hall–Kier alpha value is -1.06. The summed E-state index contributed by atoms with van der Waals surface area (Å²) in [7, 11) is -2.43. The van der Waals surface area contributed by atoms with Gasteiger partial charge in [0, 0.05) is 40.3 Å². The van der Waals surface area contributed by atoms with E-state index >= 15 is 0 Å². The van der Waals surface area contributed by atoms with Crippen molar-refractivity contribution in [3.05, 3.63) is 48.0 Å². The first-order valence-electron chi connectivity index (χ1n) is 9.13. The van der Waals surface area contributed by atoms with Gasteiger partial charge in [-0.1, -0.05) is 18.2 Å². The van der Waals surface area contributed by atoms with Crippen LogP contribution in [0.5, 0.6) is 17.2 Å². The van der Waals surface area contributed by atoms with E-state index in [0.717, 1.165) is 11.3 Å². The van der Waals surface area contributed by atoms with E-state index in [1.54, 1.807) is 12.1 Å². The predicted octanol–water partition coefficient (Wildman–Crippen LogP) is 2.76. The fourth-order valence-corrected chi connectivity index (χ4v) is 3.55. The summed E-state index contributed by atoms with van der Waals surface area (Å²) in [6, 6.07) is 12.7. The molecule has 0 saturated heterocycles. The number of methoxy groups -OCH3 is 1. The number of ether oxygens (including phenoxy) is 3. The molecule has 0 radical (unpaired) electrons. The van der Waals surface area contributed by atoms with Gasteiger partial charge in [0.05, 0.1) is 13.7 Å². The molecule has 2 aromatic carbocycles. The molecule has 0 fully saturated rings. The average molecular weight is 646 g/mol. The molecule has 0 bridgehead atoms. The number of benzene rings is 2. The van der Waals surface area contributed by atoms with Crippen LogP contribution in [0.15, 0.2) is 47.4 Å². The normalized spacial score (nSPS) is 11.6. The molecule has 2 rings (SSSR count). The van der Waals surface area contributed by atoms with Crippen LogP contribution in [0.2, 0.25) is 0 Å². The average Bonchev–Trinajstić information content (AvgIpc) is 2.66. The molecule has 0 aliphatic carbocycles. The van der Waals surface area contributed by atoms with Crippen LogP contribution < -0.4 is 24.7 Å². The molecule has 7 nitrogen and oxygen atoms in total. The van der Waals surface area contributed by atoms with Gasteiger partial charge in [-0.2, -0.15) is 0 Å².